The Labute approximate surface area is 226 Å². The van der Waals surface area contributed by atoms with Crippen molar-refractivity contribution in [3.8, 4) is 0 Å². The van der Waals surface area contributed by atoms with Crippen LogP contribution in [0.5, 0.6) is 0 Å². The maximum atomic E-state index is 14.6. The van der Waals surface area contributed by atoms with E-state index in [9.17, 15) is 31.5 Å². The van der Waals surface area contributed by atoms with Crippen LogP contribution < -0.4 is 10.9 Å². The highest BCUT2D eigenvalue weighted by molar-refractivity contribution is 5.74. The Morgan fingerprint density at radius 1 is 1.10 bits per heavy atom. The minimum atomic E-state index is -4.51. The predicted octanol–water partition coefficient (Wildman–Crippen LogP) is 4.87. The molecule has 2 atom stereocenters. The molecule has 2 amide bonds. The van der Waals surface area contributed by atoms with Crippen molar-refractivity contribution in [2.45, 2.75) is 69.6 Å². The van der Waals surface area contributed by atoms with Crippen molar-refractivity contribution in [1.29, 1.82) is 0 Å². The molecule has 2 aliphatic heterocycles. The maximum absolute atomic E-state index is 14.6. The molecule has 4 heterocycles. The lowest BCUT2D eigenvalue weighted by atomic mass is 9.90. The summed E-state index contributed by atoms with van der Waals surface area (Å²) >= 11 is 0. The fraction of sp³-hybridized carbons (Fsp3) is 0.481. The fourth-order valence-corrected chi connectivity index (χ4v) is 5.81. The number of amides is 2. The number of aromatic amines is 1. The van der Waals surface area contributed by atoms with E-state index in [-0.39, 0.29) is 47.9 Å². The largest absolute Gasteiger partial charge is 0.394 e. The number of alkyl halides is 3. The lowest BCUT2D eigenvalue weighted by Gasteiger charge is -2.33. The number of aryl methyl sites for hydroxylation is 1. The summed E-state index contributed by atoms with van der Waals surface area (Å²) in [5, 5.41) is 9.28. The van der Waals surface area contributed by atoms with Crippen LogP contribution in [0.1, 0.15) is 71.9 Å². The van der Waals surface area contributed by atoms with Gasteiger partial charge in [0, 0.05) is 48.6 Å². The molecule has 1 fully saturated rings. The number of carbonyl (C=O) groups is 1. The van der Waals surface area contributed by atoms with Crippen molar-refractivity contribution < 1.29 is 26.7 Å². The number of hydrogen-bond donors (Lipinski definition) is 2. The highest BCUT2D eigenvalue weighted by Crippen LogP contribution is 2.37. The molecule has 0 aliphatic carbocycles. The number of piperidine rings is 1. The number of benzene rings is 1. The van der Waals surface area contributed by atoms with Crippen molar-refractivity contribution in [1.82, 2.24) is 30.0 Å². The SMILES string of the molecule is Cc1cc(C2CCN(C(=O)NC3CCC(c4c(F)cccc4F)Cn4c(CC(F)(F)F)cnc43)CC2)c(=O)[nH]n1. The quantitative estimate of drug-likeness (QED) is 0.443. The Morgan fingerprint density at radius 2 is 1.80 bits per heavy atom. The summed E-state index contributed by atoms with van der Waals surface area (Å²) in [4.78, 5) is 31.3. The van der Waals surface area contributed by atoms with E-state index in [1.807, 2.05) is 0 Å². The van der Waals surface area contributed by atoms with Crippen LogP contribution in [0, 0.1) is 18.6 Å². The molecule has 13 heteroatoms. The van der Waals surface area contributed by atoms with Crippen LogP contribution in [0.25, 0.3) is 0 Å². The Morgan fingerprint density at radius 3 is 2.48 bits per heavy atom. The van der Waals surface area contributed by atoms with Gasteiger partial charge in [-0.2, -0.15) is 18.3 Å². The topological polar surface area (TPSA) is 95.9 Å². The molecule has 40 heavy (non-hydrogen) atoms. The molecule has 8 nitrogen and oxygen atoms in total. The average molecular weight is 565 g/mol. The van der Waals surface area contributed by atoms with Gasteiger partial charge in [-0.3, -0.25) is 4.79 Å². The molecular formula is C27H29F5N6O2. The summed E-state index contributed by atoms with van der Waals surface area (Å²) in [6, 6.07) is 4.07. The molecule has 3 aromatic rings. The molecule has 0 spiro atoms. The number of urea groups is 1. The number of H-pyrrole nitrogens is 1. The second kappa shape index (κ2) is 11.0. The number of rotatable bonds is 4. The van der Waals surface area contributed by atoms with Crippen LogP contribution in [0.4, 0.5) is 26.7 Å². The molecule has 0 saturated carbocycles. The van der Waals surface area contributed by atoms with Gasteiger partial charge in [-0.15, -0.1) is 0 Å². The molecule has 1 aromatic carbocycles. The molecule has 2 aromatic heterocycles. The van der Waals surface area contributed by atoms with E-state index in [4.69, 9.17) is 0 Å². The zero-order chi connectivity index (χ0) is 28.6. The number of likely N-dealkylation sites (tertiary alicyclic amines) is 1. The van der Waals surface area contributed by atoms with Gasteiger partial charge in [-0.1, -0.05) is 6.07 Å². The normalized spacial score (nSPS) is 20.2. The van der Waals surface area contributed by atoms with Gasteiger partial charge in [0.2, 0.25) is 0 Å². The van der Waals surface area contributed by atoms with Crippen molar-refractivity contribution in [3.05, 3.63) is 80.8 Å². The van der Waals surface area contributed by atoms with Gasteiger partial charge in [0.25, 0.3) is 5.56 Å². The number of carbonyl (C=O) groups excluding carboxylic acids is 1. The Kier molecular flexibility index (Phi) is 7.65. The maximum Gasteiger partial charge on any atom is 0.394 e. The zero-order valence-corrected chi connectivity index (χ0v) is 21.8. The Balaban J connectivity index is 1.34. The summed E-state index contributed by atoms with van der Waals surface area (Å²) in [5.41, 5.74) is 0.743. The first-order chi connectivity index (χ1) is 19.0. The van der Waals surface area contributed by atoms with Gasteiger partial charge in [-0.25, -0.2) is 23.7 Å². The van der Waals surface area contributed by atoms with Crippen LogP contribution in [0.15, 0.2) is 35.3 Å². The van der Waals surface area contributed by atoms with E-state index >= 15 is 0 Å². The standard InChI is InChI=1S/C27H29F5N6O2/c1-15-11-19(25(39)36-35-15)16-7-9-37(10-8-16)26(40)34-22-6-5-17(23-20(28)3-2-4-21(23)29)14-38-18(12-27(30,31)32)13-33-24(22)38/h2-4,11,13,16-17,22H,5-10,12,14H2,1H3,(H,34,40)(H,36,39). The van der Waals surface area contributed by atoms with Crippen LogP contribution >= 0.6 is 0 Å². The molecule has 2 aliphatic rings. The lowest BCUT2D eigenvalue weighted by molar-refractivity contribution is -0.128. The number of nitrogens with zero attached hydrogens (tertiary/aromatic N) is 4. The summed E-state index contributed by atoms with van der Waals surface area (Å²) in [7, 11) is 0. The number of nitrogens with one attached hydrogen (secondary N) is 2. The van der Waals surface area contributed by atoms with E-state index in [0.29, 0.717) is 37.2 Å². The molecule has 2 unspecified atom stereocenters. The van der Waals surface area contributed by atoms with Gasteiger partial charge >= 0.3 is 12.2 Å². The van der Waals surface area contributed by atoms with Crippen molar-refractivity contribution in [2.75, 3.05) is 13.1 Å². The van der Waals surface area contributed by atoms with Crippen molar-refractivity contribution in [3.63, 3.8) is 0 Å². The molecule has 0 bridgehead atoms. The van der Waals surface area contributed by atoms with E-state index < -0.39 is 42.2 Å². The lowest BCUT2D eigenvalue weighted by Crippen LogP contribution is -2.46. The van der Waals surface area contributed by atoms with Gasteiger partial charge in [0.1, 0.15) is 17.5 Å². The van der Waals surface area contributed by atoms with Gasteiger partial charge < -0.3 is 14.8 Å². The Hall–Kier alpha value is -3.77. The monoisotopic (exact) mass is 564 g/mol. The average Bonchev–Trinajstić information content (AvgIpc) is 3.18. The van der Waals surface area contributed by atoms with E-state index in [1.165, 1.54) is 10.6 Å². The number of fused-ring (bicyclic) bond motifs is 1. The summed E-state index contributed by atoms with van der Waals surface area (Å²) in [6.07, 6.45) is -3.08. The molecule has 1 saturated heterocycles. The number of aromatic nitrogens is 4. The number of hydrogen-bond acceptors (Lipinski definition) is 4. The van der Waals surface area contributed by atoms with Crippen molar-refractivity contribution >= 4 is 6.03 Å². The predicted molar refractivity (Wildman–Crippen MR) is 135 cm³/mol. The highest BCUT2D eigenvalue weighted by atomic mass is 19.4. The minimum Gasteiger partial charge on any atom is -0.329 e. The minimum absolute atomic E-state index is 0.0346. The zero-order valence-electron chi connectivity index (χ0n) is 21.8. The number of imidazole rings is 1. The smallest absolute Gasteiger partial charge is 0.329 e. The first-order valence-corrected chi connectivity index (χ1v) is 13.2. The summed E-state index contributed by atoms with van der Waals surface area (Å²) < 4.78 is 70.6. The van der Waals surface area contributed by atoms with E-state index in [0.717, 1.165) is 18.3 Å². The summed E-state index contributed by atoms with van der Waals surface area (Å²) in [5.74, 6) is -2.09. The third kappa shape index (κ3) is 5.87. The van der Waals surface area contributed by atoms with Gasteiger partial charge in [-0.05, 0) is 56.7 Å². The third-order valence-corrected chi connectivity index (χ3v) is 7.76. The van der Waals surface area contributed by atoms with E-state index in [1.54, 1.807) is 17.9 Å². The van der Waals surface area contributed by atoms with E-state index in [2.05, 4.69) is 20.5 Å². The first kappa shape index (κ1) is 27.8. The first-order valence-electron chi connectivity index (χ1n) is 13.2. The molecule has 0 radical (unpaired) electrons. The molecule has 214 valence electrons. The van der Waals surface area contributed by atoms with Crippen LogP contribution in [-0.4, -0.2) is 49.9 Å². The van der Waals surface area contributed by atoms with Crippen LogP contribution in [0.3, 0.4) is 0 Å². The molecular weight excluding hydrogens is 535 g/mol. The molecule has 5 rings (SSSR count). The fourth-order valence-electron chi connectivity index (χ4n) is 5.81. The number of halogens is 5. The van der Waals surface area contributed by atoms with Crippen LogP contribution in [0.2, 0.25) is 0 Å². The summed E-state index contributed by atoms with van der Waals surface area (Å²) in [6.45, 7) is 2.43. The molecule has 2 N–H and O–H groups in total. The highest BCUT2D eigenvalue weighted by Gasteiger charge is 2.36. The third-order valence-electron chi connectivity index (χ3n) is 7.76. The Bertz CT molecular complexity index is 1420. The van der Waals surface area contributed by atoms with Crippen molar-refractivity contribution in [2.24, 2.45) is 0 Å². The second-order valence-electron chi connectivity index (χ2n) is 10.5. The van der Waals surface area contributed by atoms with Gasteiger partial charge in [0.05, 0.1) is 18.2 Å². The van der Waals surface area contributed by atoms with Gasteiger partial charge in [0.15, 0.2) is 0 Å². The van der Waals surface area contributed by atoms with Crippen LogP contribution in [-0.2, 0) is 13.0 Å². The second-order valence-corrected chi connectivity index (χ2v) is 10.5.